The van der Waals surface area contributed by atoms with Crippen LogP contribution in [0.5, 0.6) is 5.75 Å². The van der Waals surface area contributed by atoms with Gasteiger partial charge in [-0.2, -0.15) is 0 Å². The third-order valence-corrected chi connectivity index (χ3v) is 4.30. The summed E-state index contributed by atoms with van der Waals surface area (Å²) in [5, 5.41) is 17.2. The lowest BCUT2D eigenvalue weighted by atomic mass is 10.2. The molecule has 30 heavy (non-hydrogen) atoms. The number of rotatable bonds is 10. The maximum absolute atomic E-state index is 13.0. The number of benzene rings is 3. The number of para-hydroxylation sites is 1. The van der Waals surface area contributed by atoms with E-state index in [9.17, 15) is 14.5 Å². The molecule has 0 radical (unpaired) electrons. The first kappa shape index (κ1) is 23.1. The van der Waals surface area contributed by atoms with Crippen molar-refractivity contribution in [2.75, 3.05) is 18.4 Å². The van der Waals surface area contributed by atoms with Gasteiger partial charge in [-0.3, -0.25) is 10.1 Å². The average Bonchev–Trinajstić information content (AvgIpc) is 2.74. The number of hydrogen-bond acceptors (Lipinski definition) is 5. The molecule has 0 aliphatic rings. The van der Waals surface area contributed by atoms with Gasteiger partial charge >= 0.3 is 0 Å². The molecule has 0 spiro atoms. The quantitative estimate of drug-likeness (QED) is 0.270. The lowest BCUT2D eigenvalue weighted by Crippen LogP contribution is -2.22. The summed E-state index contributed by atoms with van der Waals surface area (Å²) in [5.41, 5.74) is 2.85. The molecule has 0 aromatic heterocycles. The van der Waals surface area contributed by atoms with Crippen LogP contribution < -0.4 is 15.4 Å². The van der Waals surface area contributed by atoms with E-state index in [2.05, 4.69) is 10.6 Å². The van der Waals surface area contributed by atoms with Crippen LogP contribution in [0.25, 0.3) is 0 Å². The van der Waals surface area contributed by atoms with Crippen LogP contribution in [0.4, 0.5) is 15.8 Å². The number of ether oxygens (including phenoxy) is 1. The SMILES string of the molecule is Cl.O=[N+]([O-])c1ccc(NCCNCc2ccccc2OCc2ccc(F)cc2)cc1. The van der Waals surface area contributed by atoms with Gasteiger partial charge in [0.05, 0.1) is 4.92 Å². The fraction of sp³-hybridized carbons (Fsp3) is 0.182. The number of hydrogen-bond donors (Lipinski definition) is 2. The summed E-state index contributed by atoms with van der Waals surface area (Å²) in [7, 11) is 0. The van der Waals surface area contributed by atoms with Gasteiger partial charge in [0.25, 0.3) is 5.69 Å². The molecule has 0 unspecified atom stereocenters. The maximum Gasteiger partial charge on any atom is 0.269 e. The van der Waals surface area contributed by atoms with Gasteiger partial charge in [0.15, 0.2) is 0 Å². The largest absolute Gasteiger partial charge is 0.489 e. The summed E-state index contributed by atoms with van der Waals surface area (Å²) < 4.78 is 18.9. The van der Waals surface area contributed by atoms with Crippen molar-refractivity contribution in [3.05, 3.63) is 99.9 Å². The van der Waals surface area contributed by atoms with E-state index in [0.29, 0.717) is 26.2 Å². The molecule has 3 aromatic carbocycles. The van der Waals surface area contributed by atoms with Gasteiger partial charge in [0.1, 0.15) is 18.2 Å². The van der Waals surface area contributed by atoms with E-state index in [1.165, 1.54) is 24.3 Å². The summed E-state index contributed by atoms with van der Waals surface area (Å²) >= 11 is 0. The highest BCUT2D eigenvalue weighted by atomic mass is 35.5. The van der Waals surface area contributed by atoms with Crippen molar-refractivity contribution in [1.29, 1.82) is 0 Å². The van der Waals surface area contributed by atoms with Crippen LogP contribution in [0, 0.1) is 15.9 Å². The zero-order valence-electron chi connectivity index (χ0n) is 16.2. The molecule has 6 nitrogen and oxygen atoms in total. The third kappa shape index (κ3) is 7.02. The van der Waals surface area contributed by atoms with Crippen molar-refractivity contribution in [2.45, 2.75) is 13.2 Å². The van der Waals surface area contributed by atoms with Crippen LogP contribution in [-0.4, -0.2) is 18.0 Å². The summed E-state index contributed by atoms with van der Waals surface area (Å²) in [5.74, 6) is 0.522. The molecule has 0 aliphatic carbocycles. The van der Waals surface area contributed by atoms with Crippen molar-refractivity contribution in [1.82, 2.24) is 5.32 Å². The molecular formula is C22H23ClFN3O3. The van der Waals surface area contributed by atoms with Crippen molar-refractivity contribution >= 4 is 23.8 Å². The van der Waals surface area contributed by atoms with Crippen LogP contribution in [0.3, 0.4) is 0 Å². The molecule has 0 amide bonds. The minimum absolute atomic E-state index is 0. The number of anilines is 1. The molecule has 8 heteroatoms. The van der Waals surface area contributed by atoms with E-state index in [1.54, 1.807) is 24.3 Å². The smallest absolute Gasteiger partial charge is 0.269 e. The molecule has 158 valence electrons. The molecule has 0 saturated heterocycles. The lowest BCUT2D eigenvalue weighted by Gasteiger charge is -2.13. The molecular weight excluding hydrogens is 409 g/mol. The van der Waals surface area contributed by atoms with E-state index in [-0.39, 0.29) is 23.9 Å². The first-order valence-electron chi connectivity index (χ1n) is 9.26. The van der Waals surface area contributed by atoms with Gasteiger partial charge < -0.3 is 15.4 Å². The Morgan fingerprint density at radius 3 is 2.33 bits per heavy atom. The average molecular weight is 432 g/mol. The van der Waals surface area contributed by atoms with Crippen LogP contribution in [0.15, 0.2) is 72.8 Å². The molecule has 0 aliphatic heterocycles. The minimum atomic E-state index is -0.416. The Bertz CT molecular complexity index is 937. The maximum atomic E-state index is 13.0. The summed E-state index contributed by atoms with van der Waals surface area (Å²) in [6, 6.07) is 20.4. The Labute approximate surface area is 180 Å². The number of halogens is 2. The molecule has 0 fully saturated rings. The van der Waals surface area contributed by atoms with E-state index in [0.717, 1.165) is 22.6 Å². The van der Waals surface area contributed by atoms with Gasteiger partial charge in [-0.05, 0) is 35.9 Å². The normalized spacial score (nSPS) is 10.2. The van der Waals surface area contributed by atoms with Gasteiger partial charge in [-0.25, -0.2) is 4.39 Å². The Kier molecular flexibility index (Phi) is 9.05. The zero-order chi connectivity index (χ0) is 20.5. The monoisotopic (exact) mass is 431 g/mol. The number of nitro groups is 1. The fourth-order valence-corrected chi connectivity index (χ4v) is 2.75. The lowest BCUT2D eigenvalue weighted by molar-refractivity contribution is -0.384. The van der Waals surface area contributed by atoms with Crippen molar-refractivity contribution in [2.24, 2.45) is 0 Å². The Hall–Kier alpha value is -3.16. The van der Waals surface area contributed by atoms with E-state index in [1.807, 2.05) is 24.3 Å². The number of nitro benzene ring substituents is 1. The fourth-order valence-electron chi connectivity index (χ4n) is 2.75. The highest BCUT2D eigenvalue weighted by molar-refractivity contribution is 5.85. The predicted octanol–water partition coefficient (Wildman–Crippen LogP) is 4.94. The first-order chi connectivity index (χ1) is 14.1. The van der Waals surface area contributed by atoms with Crippen LogP contribution in [0.1, 0.15) is 11.1 Å². The standard InChI is InChI=1S/C22H22FN3O3.ClH/c23-19-7-5-17(6-8-19)16-29-22-4-2-1-3-18(22)15-24-13-14-25-20-9-11-21(12-10-20)26(27)28;/h1-12,24-25H,13-16H2;1H. The summed E-state index contributed by atoms with van der Waals surface area (Å²) in [6.45, 7) is 2.40. The van der Waals surface area contributed by atoms with Crippen molar-refractivity contribution in [3.63, 3.8) is 0 Å². The number of non-ortho nitro benzene ring substituents is 1. The summed E-state index contributed by atoms with van der Waals surface area (Å²) in [6.07, 6.45) is 0. The van der Waals surface area contributed by atoms with E-state index in [4.69, 9.17) is 4.74 Å². The second-order valence-electron chi connectivity index (χ2n) is 6.43. The van der Waals surface area contributed by atoms with Gasteiger partial charge in [-0.15, -0.1) is 12.4 Å². The molecule has 2 N–H and O–H groups in total. The topological polar surface area (TPSA) is 76.4 Å². The van der Waals surface area contributed by atoms with Crippen LogP contribution >= 0.6 is 12.4 Å². The molecule has 3 aromatic rings. The van der Waals surface area contributed by atoms with E-state index < -0.39 is 4.92 Å². The number of nitrogens with one attached hydrogen (secondary N) is 2. The van der Waals surface area contributed by atoms with Crippen molar-refractivity contribution < 1.29 is 14.1 Å². The highest BCUT2D eigenvalue weighted by Gasteiger charge is 2.05. The Balaban J connectivity index is 0.00000320. The van der Waals surface area contributed by atoms with Crippen LogP contribution in [0.2, 0.25) is 0 Å². The van der Waals surface area contributed by atoms with Gasteiger partial charge in [0, 0.05) is 43.0 Å². The Morgan fingerprint density at radius 1 is 0.933 bits per heavy atom. The highest BCUT2D eigenvalue weighted by Crippen LogP contribution is 2.19. The first-order valence-corrected chi connectivity index (χ1v) is 9.26. The minimum Gasteiger partial charge on any atom is -0.489 e. The Morgan fingerprint density at radius 2 is 1.63 bits per heavy atom. The van der Waals surface area contributed by atoms with E-state index >= 15 is 0 Å². The molecule has 3 rings (SSSR count). The number of nitrogens with zero attached hydrogens (tertiary/aromatic N) is 1. The third-order valence-electron chi connectivity index (χ3n) is 4.30. The van der Waals surface area contributed by atoms with Crippen molar-refractivity contribution in [3.8, 4) is 5.75 Å². The molecule has 0 heterocycles. The zero-order valence-corrected chi connectivity index (χ0v) is 17.0. The second-order valence-corrected chi connectivity index (χ2v) is 6.43. The van der Waals surface area contributed by atoms with Gasteiger partial charge in [0.2, 0.25) is 0 Å². The predicted molar refractivity (Wildman–Crippen MR) is 118 cm³/mol. The molecule has 0 saturated carbocycles. The molecule has 0 bridgehead atoms. The van der Waals surface area contributed by atoms with Gasteiger partial charge in [-0.1, -0.05) is 30.3 Å². The molecule has 0 atom stereocenters. The second kappa shape index (κ2) is 11.7. The summed E-state index contributed by atoms with van der Waals surface area (Å²) in [4.78, 5) is 10.2. The van der Waals surface area contributed by atoms with Crippen LogP contribution in [-0.2, 0) is 13.2 Å².